The summed E-state index contributed by atoms with van der Waals surface area (Å²) < 4.78 is 52.1. The van der Waals surface area contributed by atoms with E-state index in [0.29, 0.717) is 11.3 Å². The van der Waals surface area contributed by atoms with Crippen molar-refractivity contribution in [2.24, 2.45) is 0 Å². The zero-order valence-corrected chi connectivity index (χ0v) is 17.4. The topological polar surface area (TPSA) is 113 Å². The first-order valence-corrected chi connectivity index (χ1v) is 10.8. The summed E-state index contributed by atoms with van der Waals surface area (Å²) in [6.45, 7) is 2.22. The first-order chi connectivity index (χ1) is 12.5. The van der Waals surface area contributed by atoms with Gasteiger partial charge in [0.15, 0.2) is 0 Å². The minimum atomic E-state index is -4.89. The van der Waals surface area contributed by atoms with Gasteiger partial charge in [0.25, 0.3) is 0 Å². The van der Waals surface area contributed by atoms with Crippen molar-refractivity contribution in [3.8, 4) is 0 Å². The van der Waals surface area contributed by atoms with Gasteiger partial charge < -0.3 is 24.2 Å². The molecule has 0 radical (unpaired) electrons. The molecule has 0 unspecified atom stereocenters. The van der Waals surface area contributed by atoms with Crippen LogP contribution in [0.5, 0.6) is 0 Å². The highest BCUT2D eigenvalue weighted by atomic mass is 79.9. The number of thiophene rings is 1. The number of rotatable bonds is 8. The van der Waals surface area contributed by atoms with Gasteiger partial charge in [-0.25, -0.2) is 4.79 Å². The van der Waals surface area contributed by atoms with E-state index in [1.165, 1.54) is 13.8 Å². The molecule has 3 N–H and O–H groups in total. The third-order valence-electron chi connectivity index (χ3n) is 3.50. The zero-order valence-electron chi connectivity index (χ0n) is 14.1. The van der Waals surface area contributed by atoms with Crippen LogP contribution in [0.4, 0.5) is 8.78 Å². The van der Waals surface area contributed by atoms with E-state index in [4.69, 9.17) is 14.2 Å². The van der Waals surface area contributed by atoms with Gasteiger partial charge in [0.05, 0.1) is 18.8 Å². The number of halogens is 3. The Labute approximate surface area is 165 Å². The molecule has 0 aliphatic rings. The molecule has 0 spiro atoms. The van der Waals surface area contributed by atoms with E-state index in [2.05, 4.69) is 15.9 Å². The lowest BCUT2D eigenvalue weighted by Gasteiger charge is -2.25. The summed E-state index contributed by atoms with van der Waals surface area (Å²) in [5.74, 6) is -1.38. The van der Waals surface area contributed by atoms with Crippen LogP contribution in [0, 0.1) is 0 Å². The Balaban J connectivity index is 2.79. The maximum absolute atomic E-state index is 15.1. The summed E-state index contributed by atoms with van der Waals surface area (Å²) in [4.78, 5) is 10.5. The second kappa shape index (κ2) is 8.24. The molecule has 148 valence electrons. The first kappa shape index (κ1) is 22.4. The molecule has 2 rings (SSSR count). The van der Waals surface area contributed by atoms with E-state index >= 15 is 8.78 Å². The minimum absolute atomic E-state index is 0.0103. The molecule has 0 aliphatic carbocycles. The number of hydrogen-bond donors (Lipinski definition) is 3. The van der Waals surface area contributed by atoms with E-state index in [9.17, 15) is 19.4 Å². The predicted molar refractivity (Wildman–Crippen MR) is 101 cm³/mol. The number of carboxylic acids is 1. The van der Waals surface area contributed by atoms with E-state index in [0.717, 1.165) is 12.1 Å². The highest BCUT2D eigenvalue weighted by Crippen LogP contribution is 2.69. The lowest BCUT2D eigenvalue weighted by Crippen LogP contribution is -2.30. The van der Waals surface area contributed by atoms with Crippen molar-refractivity contribution in [1.29, 1.82) is 0 Å². The van der Waals surface area contributed by atoms with Crippen LogP contribution in [0.25, 0.3) is 10.1 Å². The van der Waals surface area contributed by atoms with Crippen LogP contribution in [0.3, 0.4) is 0 Å². The average molecular weight is 487 g/mol. The van der Waals surface area contributed by atoms with E-state index in [1.807, 2.05) is 0 Å². The van der Waals surface area contributed by atoms with Crippen molar-refractivity contribution in [3.05, 3.63) is 27.0 Å². The van der Waals surface area contributed by atoms with Gasteiger partial charge >= 0.3 is 26.3 Å². The number of carboxylic acid groups (broad SMARTS) is 1. The zero-order chi connectivity index (χ0) is 20.6. The number of hydrogen-bond acceptors (Lipinski definition) is 7. The fraction of sp³-hybridized carbons (Fsp3) is 0.357. The minimum Gasteiger partial charge on any atom is -0.478 e. The molecule has 0 amide bonds. The SMILES string of the molecule is CCOP(=O)(OCC)C(F)(F)c1sc2c(B(O)O)cc(C(=O)O)cc2c1Br. The summed E-state index contributed by atoms with van der Waals surface area (Å²) >= 11 is 3.43. The molecule has 27 heavy (non-hydrogen) atoms. The summed E-state index contributed by atoms with van der Waals surface area (Å²) in [6.07, 6.45) is 0. The average Bonchev–Trinajstić information content (AvgIpc) is 2.91. The van der Waals surface area contributed by atoms with Crippen molar-refractivity contribution in [2.45, 2.75) is 19.5 Å². The first-order valence-electron chi connectivity index (χ1n) is 7.63. The predicted octanol–water partition coefficient (Wildman–Crippen LogP) is 3.36. The van der Waals surface area contributed by atoms with E-state index in [1.54, 1.807) is 0 Å². The monoisotopic (exact) mass is 486 g/mol. The Morgan fingerprint density at radius 1 is 1.30 bits per heavy atom. The van der Waals surface area contributed by atoms with Crippen LogP contribution in [0.2, 0.25) is 0 Å². The van der Waals surface area contributed by atoms with Gasteiger partial charge in [-0.2, -0.15) is 8.78 Å². The lowest BCUT2D eigenvalue weighted by molar-refractivity contribution is 0.0387. The molecule has 2 aromatic rings. The van der Waals surface area contributed by atoms with Crippen LogP contribution in [0.1, 0.15) is 29.1 Å². The van der Waals surface area contributed by atoms with Gasteiger partial charge in [0, 0.05) is 20.0 Å². The fourth-order valence-corrected chi connectivity index (χ4v) is 6.45. The van der Waals surface area contributed by atoms with Crippen molar-refractivity contribution in [1.82, 2.24) is 0 Å². The number of aromatic carboxylic acids is 1. The molecular weight excluding hydrogens is 472 g/mol. The number of benzene rings is 1. The Morgan fingerprint density at radius 2 is 1.85 bits per heavy atom. The van der Waals surface area contributed by atoms with Crippen LogP contribution in [-0.4, -0.2) is 41.5 Å². The van der Waals surface area contributed by atoms with Crippen molar-refractivity contribution < 1.29 is 42.3 Å². The Hall–Kier alpha value is -0.875. The Bertz CT molecular complexity index is 910. The summed E-state index contributed by atoms with van der Waals surface area (Å²) in [5.41, 5.74) is -4.64. The van der Waals surface area contributed by atoms with Crippen molar-refractivity contribution in [2.75, 3.05) is 13.2 Å². The molecular formula is C14H15BBrF2O7PS. The Morgan fingerprint density at radius 3 is 2.30 bits per heavy atom. The number of fused-ring (bicyclic) bond motifs is 1. The van der Waals surface area contributed by atoms with E-state index in [-0.39, 0.29) is 38.8 Å². The summed E-state index contributed by atoms with van der Waals surface area (Å²) in [6, 6.07) is 2.08. The smallest absolute Gasteiger partial charge is 0.478 e. The van der Waals surface area contributed by atoms with Crippen molar-refractivity contribution in [3.63, 3.8) is 0 Å². The molecule has 0 saturated carbocycles. The van der Waals surface area contributed by atoms with Gasteiger partial charge in [0.1, 0.15) is 4.88 Å². The molecule has 1 aromatic heterocycles. The Kier molecular flexibility index (Phi) is 6.84. The maximum atomic E-state index is 15.1. The quantitative estimate of drug-likeness (QED) is 0.387. The van der Waals surface area contributed by atoms with Crippen LogP contribution in [0.15, 0.2) is 16.6 Å². The normalized spacial score (nSPS) is 12.6. The molecule has 0 fully saturated rings. The van der Waals surface area contributed by atoms with Crippen molar-refractivity contribution >= 4 is 63.5 Å². The molecule has 1 heterocycles. The molecule has 13 heteroatoms. The van der Waals surface area contributed by atoms with Gasteiger partial charge in [-0.15, -0.1) is 11.3 Å². The van der Waals surface area contributed by atoms with Crippen LogP contribution < -0.4 is 5.46 Å². The molecule has 1 aromatic carbocycles. The van der Waals surface area contributed by atoms with Crippen LogP contribution in [-0.2, 0) is 19.3 Å². The second-order valence-corrected chi connectivity index (χ2v) is 9.13. The summed E-state index contributed by atoms with van der Waals surface area (Å²) in [7, 11) is -6.98. The highest BCUT2D eigenvalue weighted by Gasteiger charge is 2.57. The van der Waals surface area contributed by atoms with E-state index < -0.39 is 31.2 Å². The molecule has 7 nitrogen and oxygen atoms in total. The fourth-order valence-electron chi connectivity index (χ4n) is 2.37. The van der Waals surface area contributed by atoms with Gasteiger partial charge in [-0.05, 0) is 41.9 Å². The standard InChI is InChI=1S/C14H15BBrF2O7PS/c1-3-24-26(23,25-4-2)14(17,18)12-10(16)8-5-7(13(19)20)6-9(15(21)22)11(8)27-12/h5-6,21-22H,3-4H2,1-2H3,(H,19,20). The largest absolute Gasteiger partial charge is 0.489 e. The third-order valence-corrected chi connectivity index (χ3v) is 8.17. The van der Waals surface area contributed by atoms with Gasteiger partial charge in [-0.3, -0.25) is 4.57 Å². The van der Waals surface area contributed by atoms with Gasteiger partial charge in [-0.1, -0.05) is 0 Å². The number of alkyl halides is 2. The summed E-state index contributed by atoms with van der Waals surface area (Å²) in [5, 5.41) is 28.2. The second-order valence-electron chi connectivity index (χ2n) is 5.24. The maximum Gasteiger partial charge on any atom is 0.489 e. The lowest BCUT2D eigenvalue weighted by atomic mass is 9.79. The molecule has 0 saturated heterocycles. The third kappa shape index (κ3) is 3.98. The number of carbonyl (C=O) groups is 1. The van der Waals surface area contributed by atoms with Gasteiger partial charge in [0.2, 0.25) is 0 Å². The molecule has 0 atom stereocenters. The molecule has 0 aliphatic heterocycles. The molecule has 0 bridgehead atoms. The highest BCUT2D eigenvalue weighted by molar-refractivity contribution is 9.10. The van der Waals surface area contributed by atoms with Crippen LogP contribution >= 0.6 is 34.9 Å².